The molecule has 2 aromatic rings. The van der Waals surface area contributed by atoms with Crippen molar-refractivity contribution < 1.29 is 31.9 Å². The molecule has 0 aliphatic carbocycles. The molecule has 1 fully saturated rings. The van der Waals surface area contributed by atoms with Crippen molar-refractivity contribution in [1.82, 2.24) is 14.8 Å². The molecule has 5 rings (SSSR count). The second kappa shape index (κ2) is 10.0. The highest BCUT2D eigenvalue weighted by Crippen LogP contribution is 2.51. The lowest BCUT2D eigenvalue weighted by Crippen LogP contribution is -2.54. The molecular formula is C27H28F4N4O3. The highest BCUT2D eigenvalue weighted by molar-refractivity contribution is 6.08. The van der Waals surface area contributed by atoms with Gasteiger partial charge in [-0.15, -0.1) is 0 Å². The van der Waals surface area contributed by atoms with Crippen LogP contribution in [0, 0.1) is 11.7 Å². The first-order valence-corrected chi connectivity index (χ1v) is 12.6. The van der Waals surface area contributed by atoms with Crippen molar-refractivity contribution in [1.29, 1.82) is 0 Å². The third kappa shape index (κ3) is 4.63. The zero-order valence-corrected chi connectivity index (χ0v) is 20.9. The second-order valence-electron chi connectivity index (χ2n) is 9.85. The molecule has 0 N–H and O–H groups in total. The number of carbonyl (C=O) groups excluding carboxylic acids is 2. The van der Waals surface area contributed by atoms with E-state index >= 15 is 0 Å². The standard InChI is InChI=1S/C27H28F4N4O3/c1-18(36)34-14-12-33(13-15-34)11-5-10-26(19-6-3-2-4-7-19)22-17-38-23-9-8-20(28)16-21(23)24(22)32-35(26)25(37)27(29,30)31/h2-4,6-9,16,22H,5,10-15,17H2,1H3/t22-,26-/m1/s1. The lowest BCUT2D eigenvalue weighted by molar-refractivity contribution is -0.193. The van der Waals surface area contributed by atoms with Gasteiger partial charge in [-0.1, -0.05) is 30.3 Å². The molecule has 11 heteroatoms. The number of alkyl halides is 3. The minimum absolute atomic E-state index is 0.00865. The summed E-state index contributed by atoms with van der Waals surface area (Å²) in [5, 5.41) is 4.83. The van der Waals surface area contributed by atoms with E-state index in [1.165, 1.54) is 25.1 Å². The van der Waals surface area contributed by atoms with Crippen LogP contribution in [0.15, 0.2) is 53.6 Å². The molecular weight excluding hydrogens is 504 g/mol. The maximum atomic E-state index is 14.2. The molecule has 38 heavy (non-hydrogen) atoms. The van der Waals surface area contributed by atoms with Crippen molar-refractivity contribution in [2.75, 3.05) is 39.3 Å². The lowest BCUT2D eigenvalue weighted by atomic mass is 9.71. The minimum atomic E-state index is -5.16. The third-order valence-corrected chi connectivity index (χ3v) is 7.67. The molecule has 0 saturated carbocycles. The first-order chi connectivity index (χ1) is 18.1. The molecule has 0 bridgehead atoms. The van der Waals surface area contributed by atoms with Gasteiger partial charge in [0.05, 0.1) is 18.2 Å². The maximum absolute atomic E-state index is 14.2. The predicted molar refractivity (Wildman–Crippen MR) is 131 cm³/mol. The Balaban J connectivity index is 1.51. The monoisotopic (exact) mass is 532 g/mol. The number of halogens is 4. The van der Waals surface area contributed by atoms with Crippen LogP contribution in [0.2, 0.25) is 0 Å². The van der Waals surface area contributed by atoms with Crippen LogP contribution < -0.4 is 4.74 Å². The van der Waals surface area contributed by atoms with E-state index in [9.17, 15) is 27.2 Å². The molecule has 2 aromatic carbocycles. The number of hydrogen-bond donors (Lipinski definition) is 0. The minimum Gasteiger partial charge on any atom is -0.492 e. The van der Waals surface area contributed by atoms with Gasteiger partial charge in [0, 0.05) is 38.7 Å². The first kappa shape index (κ1) is 26.1. The summed E-state index contributed by atoms with van der Waals surface area (Å²) in [6, 6.07) is 12.4. The van der Waals surface area contributed by atoms with Gasteiger partial charge >= 0.3 is 12.1 Å². The number of benzene rings is 2. The van der Waals surface area contributed by atoms with Crippen LogP contribution in [-0.2, 0) is 15.1 Å². The van der Waals surface area contributed by atoms with Crippen LogP contribution in [0.4, 0.5) is 17.6 Å². The lowest BCUT2D eigenvalue weighted by Gasteiger charge is -2.43. The van der Waals surface area contributed by atoms with Crippen molar-refractivity contribution in [2.45, 2.75) is 31.5 Å². The average Bonchev–Trinajstić information content (AvgIpc) is 3.24. The summed E-state index contributed by atoms with van der Waals surface area (Å²) in [6.07, 6.45) is -4.52. The van der Waals surface area contributed by atoms with Crippen molar-refractivity contribution in [3.8, 4) is 5.75 Å². The van der Waals surface area contributed by atoms with Gasteiger partial charge in [-0.3, -0.25) is 14.5 Å². The van der Waals surface area contributed by atoms with E-state index in [4.69, 9.17) is 4.74 Å². The van der Waals surface area contributed by atoms with Crippen molar-refractivity contribution in [3.05, 3.63) is 65.5 Å². The topological polar surface area (TPSA) is 65.5 Å². The number of piperazine rings is 1. The van der Waals surface area contributed by atoms with E-state index in [0.29, 0.717) is 55.5 Å². The molecule has 7 nitrogen and oxygen atoms in total. The normalized spacial score (nSPS) is 23.4. The van der Waals surface area contributed by atoms with Gasteiger partial charge in [-0.25, -0.2) is 9.40 Å². The summed E-state index contributed by atoms with van der Waals surface area (Å²) in [4.78, 5) is 28.4. The summed E-state index contributed by atoms with van der Waals surface area (Å²) < 4.78 is 61.9. The number of hydrazone groups is 1. The summed E-state index contributed by atoms with van der Waals surface area (Å²) in [5.74, 6) is -3.06. The van der Waals surface area contributed by atoms with Crippen LogP contribution in [0.5, 0.6) is 5.75 Å². The molecule has 0 spiro atoms. The fourth-order valence-corrected chi connectivity index (χ4v) is 5.78. The van der Waals surface area contributed by atoms with Gasteiger partial charge in [0.1, 0.15) is 17.1 Å². The van der Waals surface area contributed by atoms with Crippen LogP contribution in [0.1, 0.15) is 30.9 Å². The molecule has 202 valence electrons. The highest BCUT2D eigenvalue weighted by Gasteiger charge is 2.60. The van der Waals surface area contributed by atoms with Crippen LogP contribution >= 0.6 is 0 Å². The highest BCUT2D eigenvalue weighted by atomic mass is 19.4. The third-order valence-electron chi connectivity index (χ3n) is 7.67. The molecule has 2 atom stereocenters. The van der Waals surface area contributed by atoms with Crippen LogP contribution in [0.3, 0.4) is 0 Å². The number of amides is 2. The number of fused-ring (bicyclic) bond motifs is 3. The molecule has 2 amide bonds. The zero-order valence-electron chi connectivity index (χ0n) is 20.9. The van der Waals surface area contributed by atoms with Gasteiger partial charge in [0.2, 0.25) is 5.91 Å². The molecule has 0 unspecified atom stereocenters. The molecule has 1 saturated heterocycles. The number of ether oxygens (including phenoxy) is 1. The smallest absolute Gasteiger partial charge is 0.473 e. The fourth-order valence-electron chi connectivity index (χ4n) is 5.78. The second-order valence-corrected chi connectivity index (χ2v) is 9.85. The Morgan fingerprint density at radius 3 is 2.45 bits per heavy atom. The summed E-state index contributed by atoms with van der Waals surface area (Å²) in [5.41, 5.74) is -0.512. The van der Waals surface area contributed by atoms with E-state index in [1.807, 2.05) is 0 Å². The molecule has 0 radical (unpaired) electrons. The Kier molecular flexibility index (Phi) is 6.89. The summed E-state index contributed by atoms with van der Waals surface area (Å²) >= 11 is 0. The van der Waals surface area contributed by atoms with Crippen LogP contribution in [0.25, 0.3) is 0 Å². The largest absolute Gasteiger partial charge is 0.492 e. The Bertz CT molecular complexity index is 1240. The number of rotatable bonds is 5. The van der Waals surface area contributed by atoms with Crippen LogP contribution in [-0.4, -0.2) is 77.8 Å². The first-order valence-electron chi connectivity index (χ1n) is 12.6. The summed E-state index contributed by atoms with van der Waals surface area (Å²) in [6.45, 7) is 4.58. The van der Waals surface area contributed by atoms with Gasteiger partial charge in [0.25, 0.3) is 0 Å². The van der Waals surface area contributed by atoms with Gasteiger partial charge in [-0.2, -0.15) is 18.3 Å². The van der Waals surface area contributed by atoms with Gasteiger partial charge in [0.15, 0.2) is 0 Å². The van der Waals surface area contributed by atoms with E-state index in [2.05, 4.69) is 10.0 Å². The molecule has 0 aromatic heterocycles. The van der Waals surface area contributed by atoms with Crippen molar-refractivity contribution >= 4 is 17.5 Å². The fraction of sp³-hybridized carbons (Fsp3) is 0.444. The number of hydrogen-bond acceptors (Lipinski definition) is 5. The SMILES string of the molecule is CC(=O)N1CCN(CCC[C@@]2(c3ccccc3)[C@@H]3COc4ccc(F)cc4C3=NN2C(=O)C(F)(F)F)CC1. The Hall–Kier alpha value is -3.47. The maximum Gasteiger partial charge on any atom is 0.473 e. The van der Waals surface area contributed by atoms with E-state index in [0.717, 1.165) is 0 Å². The van der Waals surface area contributed by atoms with E-state index < -0.39 is 29.4 Å². The van der Waals surface area contributed by atoms with Crippen molar-refractivity contribution in [3.63, 3.8) is 0 Å². The predicted octanol–water partition coefficient (Wildman–Crippen LogP) is 3.78. The van der Waals surface area contributed by atoms with Gasteiger partial charge < -0.3 is 9.64 Å². The summed E-state index contributed by atoms with van der Waals surface area (Å²) in [7, 11) is 0. The van der Waals surface area contributed by atoms with E-state index in [1.54, 1.807) is 35.2 Å². The van der Waals surface area contributed by atoms with E-state index in [-0.39, 0.29) is 30.2 Å². The number of nitrogens with zero attached hydrogens (tertiary/aromatic N) is 4. The molecule has 3 aliphatic rings. The Morgan fingerprint density at radius 2 is 1.79 bits per heavy atom. The molecule has 3 aliphatic heterocycles. The number of carbonyl (C=O) groups is 2. The molecule has 3 heterocycles. The Morgan fingerprint density at radius 1 is 1.08 bits per heavy atom. The average molecular weight is 533 g/mol. The Labute approximate surface area is 217 Å². The van der Waals surface area contributed by atoms with Crippen molar-refractivity contribution in [2.24, 2.45) is 11.0 Å². The zero-order chi connectivity index (χ0) is 27.1. The van der Waals surface area contributed by atoms with Gasteiger partial charge in [-0.05, 0) is 43.1 Å². The quantitative estimate of drug-likeness (QED) is 0.550.